The minimum absolute atomic E-state index is 0.132. The van der Waals surface area contributed by atoms with Gasteiger partial charge >= 0.3 is 0 Å². The molecule has 0 radical (unpaired) electrons. The number of aromatic amines is 1. The number of imidazole rings is 1. The van der Waals surface area contributed by atoms with Crippen LogP contribution in [0, 0.1) is 0 Å². The van der Waals surface area contributed by atoms with Gasteiger partial charge in [0.15, 0.2) is 0 Å². The number of anilines is 2. The van der Waals surface area contributed by atoms with Crippen molar-refractivity contribution in [1.82, 2.24) is 9.97 Å². The molecule has 0 unspecified atom stereocenters. The summed E-state index contributed by atoms with van der Waals surface area (Å²) in [5.41, 5.74) is 5.16. The molecule has 2 heterocycles. The highest BCUT2D eigenvalue weighted by Gasteiger charge is 2.10. The van der Waals surface area contributed by atoms with E-state index in [-0.39, 0.29) is 11.8 Å². The normalized spacial score (nSPS) is 10.8. The van der Waals surface area contributed by atoms with Crippen molar-refractivity contribution in [2.75, 3.05) is 10.6 Å². The fourth-order valence-electron chi connectivity index (χ4n) is 3.33. The fraction of sp³-hybridized carbons (Fsp3) is 0. The summed E-state index contributed by atoms with van der Waals surface area (Å²) in [5, 5.41) is 9.48. The first-order valence-electron chi connectivity index (χ1n) is 9.96. The number of carbonyl (C=O) groups excluding carboxylic acids is 2. The van der Waals surface area contributed by atoms with Crippen LogP contribution in [0.3, 0.4) is 0 Å². The molecule has 0 aliphatic rings. The van der Waals surface area contributed by atoms with Gasteiger partial charge in [0.1, 0.15) is 5.82 Å². The minimum atomic E-state index is -0.162. The van der Waals surface area contributed by atoms with Crippen LogP contribution in [-0.2, 0) is 0 Å². The molecule has 0 atom stereocenters. The first-order chi connectivity index (χ1) is 15.7. The Labute approximate surface area is 188 Å². The first-order valence-corrected chi connectivity index (χ1v) is 10.9. The number of H-pyrrole nitrogens is 1. The number of aromatic nitrogens is 2. The lowest BCUT2D eigenvalue weighted by molar-refractivity contribution is 0.101. The minimum Gasteiger partial charge on any atom is -0.338 e. The number of nitrogens with zero attached hydrogens (tertiary/aromatic N) is 1. The zero-order chi connectivity index (χ0) is 21.9. The van der Waals surface area contributed by atoms with Crippen LogP contribution in [0.15, 0.2) is 89.6 Å². The Morgan fingerprint density at radius 2 is 1.50 bits per heavy atom. The maximum absolute atomic E-state index is 12.4. The molecule has 0 fully saturated rings. The lowest BCUT2D eigenvalue weighted by Crippen LogP contribution is -2.11. The van der Waals surface area contributed by atoms with E-state index in [0.29, 0.717) is 28.3 Å². The molecule has 0 bridgehead atoms. The number of fused-ring (bicyclic) bond motifs is 1. The zero-order valence-electron chi connectivity index (χ0n) is 16.8. The van der Waals surface area contributed by atoms with Gasteiger partial charge in [0.05, 0.1) is 16.6 Å². The molecular formula is C25H18N4O2S. The molecule has 0 spiro atoms. The predicted molar refractivity (Wildman–Crippen MR) is 128 cm³/mol. The van der Waals surface area contributed by atoms with Crippen LogP contribution < -0.4 is 10.6 Å². The number of benzene rings is 3. The molecule has 5 aromatic rings. The molecule has 0 aliphatic heterocycles. The number of hydrogen-bond acceptors (Lipinski definition) is 4. The predicted octanol–water partition coefficient (Wildman–Crippen LogP) is 5.80. The molecule has 2 aromatic heterocycles. The second-order valence-corrected chi connectivity index (χ2v) is 7.96. The van der Waals surface area contributed by atoms with Crippen LogP contribution in [-0.4, -0.2) is 21.8 Å². The van der Waals surface area contributed by atoms with Crippen molar-refractivity contribution in [2.24, 2.45) is 0 Å². The Bertz CT molecular complexity index is 1390. The monoisotopic (exact) mass is 438 g/mol. The van der Waals surface area contributed by atoms with E-state index in [1.54, 1.807) is 18.2 Å². The molecule has 6 nitrogen and oxygen atoms in total. The fourth-order valence-corrected chi connectivity index (χ4v) is 3.96. The van der Waals surface area contributed by atoms with E-state index >= 15 is 0 Å². The quantitative estimate of drug-likeness (QED) is 0.324. The Kier molecular flexibility index (Phi) is 5.23. The van der Waals surface area contributed by atoms with Crippen LogP contribution in [0.5, 0.6) is 0 Å². The van der Waals surface area contributed by atoms with Gasteiger partial charge in [0.25, 0.3) is 11.8 Å². The van der Waals surface area contributed by atoms with Crippen LogP contribution in [0.4, 0.5) is 11.4 Å². The van der Waals surface area contributed by atoms with Gasteiger partial charge in [0, 0.05) is 27.9 Å². The van der Waals surface area contributed by atoms with E-state index in [1.165, 1.54) is 11.3 Å². The molecule has 2 amide bonds. The van der Waals surface area contributed by atoms with Crippen molar-refractivity contribution < 1.29 is 9.59 Å². The smallest absolute Gasteiger partial charge is 0.256 e. The van der Waals surface area contributed by atoms with Crippen molar-refractivity contribution in [1.29, 1.82) is 0 Å². The number of amides is 2. The van der Waals surface area contributed by atoms with Gasteiger partial charge in [-0.25, -0.2) is 4.98 Å². The van der Waals surface area contributed by atoms with Gasteiger partial charge in [-0.05, 0) is 66.0 Å². The molecule has 0 aliphatic carbocycles. The van der Waals surface area contributed by atoms with Gasteiger partial charge < -0.3 is 15.6 Å². The summed E-state index contributed by atoms with van der Waals surface area (Å²) >= 11 is 1.49. The second-order valence-electron chi connectivity index (χ2n) is 7.18. The van der Waals surface area contributed by atoms with E-state index in [1.807, 2.05) is 71.4 Å². The molecular weight excluding hydrogens is 420 g/mol. The number of hydrogen-bond donors (Lipinski definition) is 3. The molecule has 0 saturated carbocycles. The third kappa shape index (κ3) is 4.14. The average Bonchev–Trinajstić information content (AvgIpc) is 3.50. The summed E-state index contributed by atoms with van der Waals surface area (Å²) in [4.78, 5) is 32.5. The number of nitrogens with one attached hydrogen (secondary N) is 3. The molecule has 3 N–H and O–H groups in total. The van der Waals surface area contributed by atoms with Gasteiger partial charge in [-0.2, -0.15) is 11.3 Å². The Balaban J connectivity index is 1.32. The first kappa shape index (κ1) is 19.7. The highest BCUT2D eigenvalue weighted by atomic mass is 32.1. The van der Waals surface area contributed by atoms with Crippen molar-refractivity contribution in [2.45, 2.75) is 0 Å². The number of carbonyl (C=O) groups is 2. The van der Waals surface area contributed by atoms with E-state index < -0.39 is 0 Å². The number of thiophene rings is 1. The lowest BCUT2D eigenvalue weighted by atomic mass is 10.2. The standard InChI is InChI=1S/C25H18N4O2S/c30-24(17-4-2-1-3-5-17)27-20-10-11-21-22(14-20)29-23(28-21)16-6-8-19(9-7-16)26-25(31)18-12-13-32-15-18/h1-15H,(H,26,31)(H,27,30)(H,28,29). The van der Waals surface area contributed by atoms with Crippen LogP contribution in [0.1, 0.15) is 20.7 Å². The Morgan fingerprint density at radius 1 is 0.781 bits per heavy atom. The Morgan fingerprint density at radius 3 is 2.25 bits per heavy atom. The summed E-state index contributed by atoms with van der Waals surface area (Å²) in [6.45, 7) is 0. The van der Waals surface area contributed by atoms with E-state index in [4.69, 9.17) is 0 Å². The van der Waals surface area contributed by atoms with Gasteiger partial charge in [0.2, 0.25) is 0 Å². The largest absolute Gasteiger partial charge is 0.338 e. The molecule has 3 aromatic carbocycles. The third-order valence-corrected chi connectivity index (χ3v) is 5.66. The van der Waals surface area contributed by atoms with Crippen molar-refractivity contribution >= 4 is 45.6 Å². The molecule has 156 valence electrons. The summed E-state index contributed by atoms with van der Waals surface area (Å²) in [7, 11) is 0. The van der Waals surface area contributed by atoms with Gasteiger partial charge in [-0.3, -0.25) is 9.59 Å². The molecule has 7 heteroatoms. The van der Waals surface area contributed by atoms with E-state index in [0.717, 1.165) is 16.6 Å². The topological polar surface area (TPSA) is 86.9 Å². The highest BCUT2D eigenvalue weighted by molar-refractivity contribution is 7.08. The van der Waals surface area contributed by atoms with Crippen molar-refractivity contribution in [3.8, 4) is 11.4 Å². The second kappa shape index (κ2) is 8.49. The summed E-state index contributed by atoms with van der Waals surface area (Å²) in [6.07, 6.45) is 0. The van der Waals surface area contributed by atoms with Gasteiger partial charge in [-0.15, -0.1) is 0 Å². The maximum atomic E-state index is 12.4. The Hall–Kier alpha value is -4.23. The summed E-state index contributed by atoms with van der Waals surface area (Å²) < 4.78 is 0. The highest BCUT2D eigenvalue weighted by Crippen LogP contribution is 2.24. The van der Waals surface area contributed by atoms with Crippen molar-refractivity contribution in [3.63, 3.8) is 0 Å². The molecule has 32 heavy (non-hydrogen) atoms. The van der Waals surface area contributed by atoms with E-state index in [9.17, 15) is 9.59 Å². The van der Waals surface area contributed by atoms with Crippen LogP contribution in [0.25, 0.3) is 22.4 Å². The lowest BCUT2D eigenvalue weighted by Gasteiger charge is -2.05. The van der Waals surface area contributed by atoms with Crippen LogP contribution in [0.2, 0.25) is 0 Å². The maximum Gasteiger partial charge on any atom is 0.256 e. The molecule has 0 saturated heterocycles. The van der Waals surface area contributed by atoms with Crippen molar-refractivity contribution in [3.05, 3.63) is 101 Å². The average molecular weight is 439 g/mol. The summed E-state index contributed by atoms with van der Waals surface area (Å²) in [6, 6.07) is 23.9. The van der Waals surface area contributed by atoms with E-state index in [2.05, 4.69) is 20.6 Å². The SMILES string of the molecule is O=C(Nc1ccc2nc(-c3ccc(NC(=O)c4ccsc4)cc3)[nH]c2c1)c1ccccc1. The van der Waals surface area contributed by atoms with Crippen LogP contribution >= 0.6 is 11.3 Å². The number of rotatable bonds is 5. The zero-order valence-corrected chi connectivity index (χ0v) is 17.6. The van der Waals surface area contributed by atoms with Gasteiger partial charge in [-0.1, -0.05) is 18.2 Å². The summed E-state index contributed by atoms with van der Waals surface area (Å²) in [5.74, 6) is 0.417. The third-order valence-electron chi connectivity index (χ3n) is 4.98. The molecule has 5 rings (SSSR count).